The highest BCUT2D eigenvalue weighted by Gasteiger charge is 2.16. The van der Waals surface area contributed by atoms with E-state index in [1.54, 1.807) is 11.3 Å². The van der Waals surface area contributed by atoms with Crippen LogP contribution in [0, 0.1) is 6.92 Å². The summed E-state index contributed by atoms with van der Waals surface area (Å²) in [6.07, 6.45) is 3.56. The van der Waals surface area contributed by atoms with Crippen molar-refractivity contribution in [3.05, 3.63) is 32.9 Å². The van der Waals surface area contributed by atoms with Crippen molar-refractivity contribution in [1.29, 1.82) is 0 Å². The molecule has 2 aromatic rings. The fourth-order valence-corrected chi connectivity index (χ4v) is 3.24. The third-order valence-corrected chi connectivity index (χ3v) is 4.76. The number of hydrogen-bond donors (Lipinski definition) is 1. The minimum atomic E-state index is 0.859. The Hall–Kier alpha value is -0.940. The topological polar surface area (TPSA) is 37.8 Å². The Bertz CT molecular complexity index is 543. The van der Waals surface area contributed by atoms with Crippen LogP contribution in [0.15, 0.2) is 16.6 Å². The summed E-state index contributed by atoms with van der Waals surface area (Å²) in [5.74, 6) is 0.859. The first-order chi connectivity index (χ1) is 8.22. The number of aryl methyl sites for hydroxylation is 3. The molecule has 1 aliphatic carbocycles. The van der Waals surface area contributed by atoms with Gasteiger partial charge in [-0.3, -0.25) is 0 Å². The molecule has 0 saturated carbocycles. The van der Waals surface area contributed by atoms with E-state index in [0.717, 1.165) is 27.5 Å². The van der Waals surface area contributed by atoms with Crippen LogP contribution in [-0.4, -0.2) is 9.97 Å². The Morgan fingerprint density at radius 2 is 2.18 bits per heavy atom. The minimum Gasteiger partial charge on any atom is -0.316 e. The van der Waals surface area contributed by atoms with Crippen LogP contribution in [0.2, 0.25) is 0 Å². The molecule has 0 saturated heterocycles. The van der Waals surface area contributed by atoms with Crippen molar-refractivity contribution in [1.82, 2.24) is 9.97 Å². The lowest BCUT2D eigenvalue weighted by atomic mass is 10.4. The summed E-state index contributed by atoms with van der Waals surface area (Å²) < 4.78 is 1.03. The SMILES string of the molecule is Cc1nc(Nc2nc3c(s2)CCC3)ccc1Br. The first-order valence-electron chi connectivity index (χ1n) is 5.61. The van der Waals surface area contributed by atoms with Crippen molar-refractivity contribution >= 4 is 38.2 Å². The lowest BCUT2D eigenvalue weighted by Crippen LogP contribution is -1.95. The normalized spacial score (nSPS) is 13.8. The molecule has 0 spiro atoms. The molecule has 88 valence electrons. The number of fused-ring (bicyclic) bond motifs is 1. The van der Waals surface area contributed by atoms with Gasteiger partial charge in [-0.05, 0) is 54.2 Å². The molecule has 3 rings (SSSR count). The van der Waals surface area contributed by atoms with Crippen LogP contribution in [0.3, 0.4) is 0 Å². The van der Waals surface area contributed by atoms with Gasteiger partial charge in [-0.15, -0.1) is 11.3 Å². The maximum absolute atomic E-state index is 4.59. The van der Waals surface area contributed by atoms with Crippen molar-refractivity contribution in [2.24, 2.45) is 0 Å². The van der Waals surface area contributed by atoms with Gasteiger partial charge in [-0.25, -0.2) is 9.97 Å². The van der Waals surface area contributed by atoms with Crippen molar-refractivity contribution in [2.75, 3.05) is 5.32 Å². The van der Waals surface area contributed by atoms with E-state index in [1.165, 1.54) is 23.4 Å². The highest BCUT2D eigenvalue weighted by Crippen LogP contribution is 2.31. The number of anilines is 2. The predicted molar refractivity (Wildman–Crippen MR) is 74.1 cm³/mol. The number of nitrogens with zero attached hydrogens (tertiary/aromatic N) is 2. The molecule has 2 aromatic heterocycles. The number of nitrogens with one attached hydrogen (secondary N) is 1. The highest BCUT2D eigenvalue weighted by atomic mass is 79.9. The summed E-state index contributed by atoms with van der Waals surface area (Å²) >= 11 is 5.20. The van der Waals surface area contributed by atoms with Crippen LogP contribution in [0.1, 0.15) is 22.7 Å². The van der Waals surface area contributed by atoms with Gasteiger partial charge in [-0.2, -0.15) is 0 Å². The summed E-state index contributed by atoms with van der Waals surface area (Å²) in [6, 6.07) is 3.97. The van der Waals surface area contributed by atoms with Gasteiger partial charge in [0, 0.05) is 9.35 Å². The Morgan fingerprint density at radius 3 is 2.94 bits per heavy atom. The number of thiazole rings is 1. The van der Waals surface area contributed by atoms with Gasteiger partial charge < -0.3 is 5.32 Å². The van der Waals surface area contributed by atoms with Crippen molar-refractivity contribution in [2.45, 2.75) is 26.2 Å². The average Bonchev–Trinajstić information content (AvgIpc) is 2.84. The molecule has 0 radical (unpaired) electrons. The van der Waals surface area contributed by atoms with E-state index in [9.17, 15) is 0 Å². The number of halogens is 1. The van der Waals surface area contributed by atoms with Crippen LogP contribution >= 0.6 is 27.3 Å². The molecule has 0 aromatic carbocycles. The quantitative estimate of drug-likeness (QED) is 0.916. The van der Waals surface area contributed by atoms with Crippen LogP contribution in [0.5, 0.6) is 0 Å². The summed E-state index contributed by atoms with van der Waals surface area (Å²) in [5, 5.41) is 4.24. The average molecular weight is 310 g/mol. The Labute approximate surface area is 112 Å². The molecule has 0 unspecified atom stereocenters. The van der Waals surface area contributed by atoms with Gasteiger partial charge in [-0.1, -0.05) is 0 Å². The second-order valence-electron chi connectivity index (χ2n) is 4.13. The number of hydrogen-bond acceptors (Lipinski definition) is 4. The number of aromatic nitrogens is 2. The Balaban J connectivity index is 1.83. The zero-order valence-electron chi connectivity index (χ0n) is 9.46. The van der Waals surface area contributed by atoms with Gasteiger partial charge in [0.25, 0.3) is 0 Å². The third kappa shape index (κ3) is 2.21. The predicted octanol–water partition coefficient (Wildman–Crippen LogP) is 3.84. The zero-order valence-corrected chi connectivity index (χ0v) is 11.9. The van der Waals surface area contributed by atoms with Gasteiger partial charge in [0.2, 0.25) is 0 Å². The first kappa shape index (κ1) is 11.2. The Kier molecular flexibility index (Phi) is 2.88. The molecule has 0 fully saturated rings. The molecule has 0 aliphatic heterocycles. The minimum absolute atomic E-state index is 0.859. The van der Waals surface area contributed by atoms with Crippen molar-refractivity contribution < 1.29 is 0 Å². The van der Waals surface area contributed by atoms with E-state index in [2.05, 4.69) is 31.2 Å². The fraction of sp³-hybridized carbons (Fsp3) is 0.333. The van der Waals surface area contributed by atoms with E-state index in [4.69, 9.17) is 0 Å². The van der Waals surface area contributed by atoms with Crippen LogP contribution in [-0.2, 0) is 12.8 Å². The summed E-state index contributed by atoms with van der Waals surface area (Å²) in [4.78, 5) is 10.5. The van der Waals surface area contributed by atoms with Crippen molar-refractivity contribution in [3.8, 4) is 0 Å². The fourth-order valence-electron chi connectivity index (χ4n) is 1.97. The van der Waals surface area contributed by atoms with E-state index in [1.807, 2.05) is 19.1 Å². The van der Waals surface area contributed by atoms with E-state index in [-0.39, 0.29) is 0 Å². The molecular weight excluding hydrogens is 298 g/mol. The molecular formula is C12H12BrN3S. The molecule has 3 nitrogen and oxygen atoms in total. The molecule has 1 N–H and O–H groups in total. The molecule has 0 bridgehead atoms. The zero-order chi connectivity index (χ0) is 11.8. The lowest BCUT2D eigenvalue weighted by molar-refractivity contribution is 0.900. The molecule has 17 heavy (non-hydrogen) atoms. The maximum atomic E-state index is 4.59. The summed E-state index contributed by atoms with van der Waals surface area (Å²) in [5.41, 5.74) is 2.26. The van der Waals surface area contributed by atoms with Gasteiger partial charge in [0.05, 0.1) is 11.4 Å². The summed E-state index contributed by atoms with van der Waals surface area (Å²) in [7, 11) is 0. The molecule has 1 aliphatic rings. The van der Waals surface area contributed by atoms with E-state index >= 15 is 0 Å². The van der Waals surface area contributed by atoms with Crippen molar-refractivity contribution in [3.63, 3.8) is 0 Å². The van der Waals surface area contributed by atoms with Gasteiger partial charge in [0.15, 0.2) is 5.13 Å². The van der Waals surface area contributed by atoms with Gasteiger partial charge >= 0.3 is 0 Å². The van der Waals surface area contributed by atoms with Gasteiger partial charge in [0.1, 0.15) is 5.82 Å². The maximum Gasteiger partial charge on any atom is 0.188 e. The second-order valence-corrected chi connectivity index (χ2v) is 6.07. The number of pyridine rings is 1. The summed E-state index contributed by atoms with van der Waals surface area (Å²) in [6.45, 7) is 1.98. The molecule has 2 heterocycles. The standard InChI is InChI=1S/C12H12BrN3S/c1-7-8(13)5-6-11(14-7)16-12-15-9-3-2-4-10(9)17-12/h5-6H,2-4H2,1H3,(H,14,15,16). The third-order valence-electron chi connectivity index (χ3n) is 2.85. The molecule has 5 heteroatoms. The van der Waals surface area contributed by atoms with Crippen LogP contribution in [0.4, 0.5) is 10.9 Å². The first-order valence-corrected chi connectivity index (χ1v) is 7.22. The second kappa shape index (κ2) is 4.38. The van der Waals surface area contributed by atoms with Crippen LogP contribution in [0.25, 0.3) is 0 Å². The van der Waals surface area contributed by atoms with E-state index < -0.39 is 0 Å². The van der Waals surface area contributed by atoms with Crippen LogP contribution < -0.4 is 5.32 Å². The smallest absolute Gasteiger partial charge is 0.188 e. The molecule has 0 amide bonds. The highest BCUT2D eigenvalue weighted by molar-refractivity contribution is 9.10. The lowest BCUT2D eigenvalue weighted by Gasteiger charge is -2.03. The molecule has 0 atom stereocenters. The Morgan fingerprint density at radius 1 is 1.29 bits per heavy atom. The number of rotatable bonds is 2. The largest absolute Gasteiger partial charge is 0.316 e. The van der Waals surface area contributed by atoms with E-state index in [0.29, 0.717) is 0 Å². The monoisotopic (exact) mass is 309 g/mol.